The number of rotatable bonds is 5. The first-order valence-corrected chi connectivity index (χ1v) is 7.50. The third kappa shape index (κ3) is 2.81. The van der Waals surface area contributed by atoms with Crippen LogP contribution >= 0.6 is 0 Å². The highest BCUT2D eigenvalue weighted by atomic mass is 15.1. The predicted octanol–water partition coefficient (Wildman–Crippen LogP) is 3.27. The van der Waals surface area contributed by atoms with Crippen LogP contribution in [0.15, 0.2) is 24.3 Å². The van der Waals surface area contributed by atoms with Crippen LogP contribution in [-0.2, 0) is 6.54 Å². The van der Waals surface area contributed by atoms with E-state index in [0.717, 1.165) is 30.5 Å². The predicted molar refractivity (Wildman–Crippen MR) is 79.3 cm³/mol. The lowest BCUT2D eigenvalue weighted by Crippen LogP contribution is -2.27. The number of nitrogens with one attached hydrogen (secondary N) is 1. The van der Waals surface area contributed by atoms with Crippen LogP contribution in [0.2, 0.25) is 0 Å². The van der Waals surface area contributed by atoms with Gasteiger partial charge in [-0.25, -0.2) is 4.98 Å². The van der Waals surface area contributed by atoms with Gasteiger partial charge in [-0.2, -0.15) is 0 Å². The lowest BCUT2D eigenvalue weighted by Gasteiger charge is -2.12. The van der Waals surface area contributed by atoms with Gasteiger partial charge >= 0.3 is 0 Å². The van der Waals surface area contributed by atoms with Gasteiger partial charge < -0.3 is 9.88 Å². The molecule has 102 valence electrons. The molecule has 0 aliphatic heterocycles. The van der Waals surface area contributed by atoms with Crippen molar-refractivity contribution in [1.82, 2.24) is 14.9 Å². The van der Waals surface area contributed by atoms with Gasteiger partial charge in [-0.15, -0.1) is 0 Å². The third-order valence-corrected chi connectivity index (χ3v) is 4.19. The average Bonchev–Trinajstić information content (AvgIpc) is 3.02. The van der Waals surface area contributed by atoms with Gasteiger partial charge in [0.15, 0.2) is 0 Å². The molecule has 0 unspecified atom stereocenters. The van der Waals surface area contributed by atoms with Crippen molar-refractivity contribution in [2.45, 2.75) is 51.6 Å². The molecule has 3 heteroatoms. The second kappa shape index (κ2) is 5.74. The van der Waals surface area contributed by atoms with E-state index in [9.17, 15) is 0 Å². The minimum Gasteiger partial charge on any atom is -0.328 e. The number of fused-ring (bicyclic) bond motifs is 1. The summed E-state index contributed by atoms with van der Waals surface area (Å²) >= 11 is 0. The van der Waals surface area contributed by atoms with E-state index in [4.69, 9.17) is 0 Å². The fourth-order valence-electron chi connectivity index (χ4n) is 3.15. The molecule has 1 aliphatic carbocycles. The Hall–Kier alpha value is -1.35. The second-order valence-electron chi connectivity index (χ2n) is 5.59. The quantitative estimate of drug-likeness (QED) is 0.833. The van der Waals surface area contributed by atoms with E-state index in [2.05, 4.69) is 46.1 Å². The van der Waals surface area contributed by atoms with Gasteiger partial charge in [0, 0.05) is 12.6 Å². The van der Waals surface area contributed by atoms with Gasteiger partial charge in [-0.1, -0.05) is 25.0 Å². The summed E-state index contributed by atoms with van der Waals surface area (Å²) in [5.41, 5.74) is 2.38. The summed E-state index contributed by atoms with van der Waals surface area (Å²) in [6.45, 7) is 4.28. The summed E-state index contributed by atoms with van der Waals surface area (Å²) in [7, 11) is 0. The molecule has 1 heterocycles. The molecule has 0 radical (unpaired) electrons. The van der Waals surface area contributed by atoms with Crippen molar-refractivity contribution < 1.29 is 0 Å². The van der Waals surface area contributed by atoms with Crippen molar-refractivity contribution in [2.75, 3.05) is 6.54 Å². The molecule has 0 amide bonds. The molecule has 3 nitrogen and oxygen atoms in total. The molecule has 1 fully saturated rings. The highest BCUT2D eigenvalue weighted by molar-refractivity contribution is 5.75. The molecule has 0 saturated heterocycles. The van der Waals surface area contributed by atoms with E-state index < -0.39 is 0 Å². The Morgan fingerprint density at radius 2 is 2.05 bits per heavy atom. The monoisotopic (exact) mass is 257 g/mol. The van der Waals surface area contributed by atoms with E-state index in [0.29, 0.717) is 0 Å². The first-order chi connectivity index (χ1) is 9.34. The van der Waals surface area contributed by atoms with Crippen molar-refractivity contribution in [3.63, 3.8) is 0 Å². The molecule has 1 aromatic heterocycles. The van der Waals surface area contributed by atoms with Crippen LogP contribution in [0, 0.1) is 6.92 Å². The van der Waals surface area contributed by atoms with Gasteiger partial charge in [0.1, 0.15) is 5.82 Å². The molecule has 3 rings (SSSR count). The molecule has 2 aromatic rings. The fraction of sp³-hybridized carbons (Fsp3) is 0.562. The number of para-hydroxylation sites is 2. The number of nitrogens with zero attached hydrogens (tertiary/aromatic N) is 2. The summed E-state index contributed by atoms with van der Waals surface area (Å²) in [6.07, 6.45) is 6.73. The fourth-order valence-corrected chi connectivity index (χ4v) is 3.15. The van der Waals surface area contributed by atoms with Crippen LogP contribution in [-0.4, -0.2) is 22.1 Å². The molecule has 0 bridgehead atoms. The maximum absolute atomic E-state index is 4.61. The van der Waals surface area contributed by atoms with Crippen molar-refractivity contribution in [1.29, 1.82) is 0 Å². The molecule has 1 saturated carbocycles. The number of imidazole rings is 1. The standard InChI is InChI=1S/C16H23N3/c1-13-18-15-9-4-5-10-16(15)19(13)12-6-11-17-14-7-2-3-8-14/h4-5,9-10,14,17H,2-3,6-8,11-12H2,1H3. The zero-order chi connectivity index (χ0) is 13.1. The van der Waals surface area contributed by atoms with Crippen LogP contribution in [0.3, 0.4) is 0 Å². The second-order valence-corrected chi connectivity index (χ2v) is 5.59. The van der Waals surface area contributed by atoms with Gasteiger partial charge in [-0.05, 0) is 44.9 Å². The first-order valence-electron chi connectivity index (χ1n) is 7.50. The van der Waals surface area contributed by atoms with Crippen molar-refractivity contribution in [3.05, 3.63) is 30.1 Å². The molecule has 1 aliphatic rings. The minimum absolute atomic E-state index is 0.778. The number of aromatic nitrogens is 2. The molecule has 0 atom stereocenters. The van der Waals surface area contributed by atoms with E-state index in [-0.39, 0.29) is 0 Å². The number of hydrogen-bond acceptors (Lipinski definition) is 2. The highest BCUT2D eigenvalue weighted by Gasteiger charge is 2.13. The Balaban J connectivity index is 1.57. The van der Waals surface area contributed by atoms with Gasteiger partial charge in [0.05, 0.1) is 11.0 Å². The zero-order valence-electron chi connectivity index (χ0n) is 11.7. The average molecular weight is 257 g/mol. The Bertz CT molecular complexity index is 538. The molecule has 1 aromatic carbocycles. The smallest absolute Gasteiger partial charge is 0.106 e. The molecular formula is C16H23N3. The largest absolute Gasteiger partial charge is 0.328 e. The van der Waals surface area contributed by atoms with Gasteiger partial charge in [-0.3, -0.25) is 0 Å². The number of hydrogen-bond donors (Lipinski definition) is 1. The van der Waals surface area contributed by atoms with Crippen molar-refractivity contribution in [2.24, 2.45) is 0 Å². The van der Waals surface area contributed by atoms with E-state index in [1.807, 2.05) is 0 Å². The van der Waals surface area contributed by atoms with E-state index in [1.165, 1.54) is 37.6 Å². The molecule has 0 spiro atoms. The van der Waals surface area contributed by atoms with Crippen molar-refractivity contribution in [3.8, 4) is 0 Å². The van der Waals surface area contributed by atoms with Gasteiger partial charge in [0.25, 0.3) is 0 Å². The van der Waals surface area contributed by atoms with Crippen LogP contribution in [0.1, 0.15) is 37.9 Å². The lowest BCUT2D eigenvalue weighted by molar-refractivity contribution is 0.496. The summed E-state index contributed by atoms with van der Waals surface area (Å²) in [5, 5.41) is 3.68. The van der Waals surface area contributed by atoms with Crippen LogP contribution in [0.5, 0.6) is 0 Å². The topological polar surface area (TPSA) is 29.9 Å². The minimum atomic E-state index is 0.778. The maximum atomic E-state index is 4.61. The van der Waals surface area contributed by atoms with Crippen molar-refractivity contribution >= 4 is 11.0 Å². The SMILES string of the molecule is Cc1nc2ccccc2n1CCCNC1CCCC1. The van der Waals surface area contributed by atoms with Crippen LogP contribution in [0.4, 0.5) is 0 Å². The Morgan fingerprint density at radius 1 is 1.26 bits per heavy atom. The summed E-state index contributed by atoms with van der Waals surface area (Å²) in [4.78, 5) is 4.61. The zero-order valence-corrected chi connectivity index (χ0v) is 11.7. The number of aryl methyl sites for hydroxylation is 2. The first kappa shape index (κ1) is 12.7. The Morgan fingerprint density at radius 3 is 2.89 bits per heavy atom. The van der Waals surface area contributed by atoms with Gasteiger partial charge in [0.2, 0.25) is 0 Å². The normalized spacial score (nSPS) is 16.5. The molecule has 1 N–H and O–H groups in total. The molecule has 19 heavy (non-hydrogen) atoms. The lowest BCUT2D eigenvalue weighted by atomic mass is 10.2. The molecular weight excluding hydrogens is 234 g/mol. The summed E-state index contributed by atoms with van der Waals surface area (Å²) in [5.74, 6) is 1.13. The van der Waals surface area contributed by atoms with E-state index >= 15 is 0 Å². The Kier molecular flexibility index (Phi) is 3.83. The summed E-state index contributed by atoms with van der Waals surface area (Å²) in [6, 6.07) is 9.19. The van der Waals surface area contributed by atoms with Crippen LogP contribution < -0.4 is 5.32 Å². The Labute approximate surface area is 115 Å². The third-order valence-electron chi connectivity index (χ3n) is 4.19. The maximum Gasteiger partial charge on any atom is 0.106 e. The summed E-state index contributed by atoms with van der Waals surface area (Å²) < 4.78 is 2.34. The van der Waals surface area contributed by atoms with E-state index in [1.54, 1.807) is 0 Å². The number of benzene rings is 1. The van der Waals surface area contributed by atoms with Crippen LogP contribution in [0.25, 0.3) is 11.0 Å². The highest BCUT2D eigenvalue weighted by Crippen LogP contribution is 2.18.